The largest absolute Gasteiger partial charge is 0.330 e. The maximum absolute atomic E-state index is 13.0. The Morgan fingerprint density at radius 3 is 2.47 bits per heavy atom. The molecule has 0 saturated carbocycles. The highest BCUT2D eigenvalue weighted by atomic mass is 35.5. The summed E-state index contributed by atoms with van der Waals surface area (Å²) in [6.07, 6.45) is 2.20. The number of hydrogen-bond acceptors (Lipinski definition) is 2. The molecule has 2 N–H and O–H groups in total. The van der Waals surface area contributed by atoms with Crippen LogP contribution in [0.25, 0.3) is 0 Å². The van der Waals surface area contributed by atoms with E-state index in [0.29, 0.717) is 6.04 Å². The molecule has 0 aromatic heterocycles. The number of likely N-dealkylation sites (tertiary alicyclic amines) is 1. The average Bonchev–Trinajstić information content (AvgIpc) is 2.76. The van der Waals surface area contributed by atoms with E-state index in [9.17, 15) is 4.39 Å². The standard InChI is InChI=1S/C15H23FN2.ClH/c1-3-14(12-4-6-13(16)7-5-12)18-9-8-15(2,10-17)11-18;/h4-7,14H,3,8-11,17H2,1-2H3;1H. The SMILES string of the molecule is CCC(c1ccc(F)cc1)N1CCC(C)(CN)C1.Cl. The second-order valence-corrected chi connectivity index (χ2v) is 5.71. The molecule has 108 valence electrons. The number of rotatable bonds is 4. The van der Waals surface area contributed by atoms with Gasteiger partial charge in [-0.15, -0.1) is 12.4 Å². The minimum Gasteiger partial charge on any atom is -0.330 e. The van der Waals surface area contributed by atoms with E-state index in [4.69, 9.17) is 5.73 Å². The van der Waals surface area contributed by atoms with Gasteiger partial charge in [-0.1, -0.05) is 26.0 Å². The van der Waals surface area contributed by atoms with E-state index in [0.717, 1.165) is 32.5 Å². The highest BCUT2D eigenvalue weighted by Gasteiger charge is 2.35. The van der Waals surface area contributed by atoms with Gasteiger partial charge in [0.25, 0.3) is 0 Å². The predicted molar refractivity (Wildman–Crippen MR) is 80.0 cm³/mol. The van der Waals surface area contributed by atoms with Crippen molar-refractivity contribution in [3.05, 3.63) is 35.6 Å². The summed E-state index contributed by atoms with van der Waals surface area (Å²) in [4.78, 5) is 2.49. The molecule has 0 radical (unpaired) electrons. The smallest absolute Gasteiger partial charge is 0.123 e. The quantitative estimate of drug-likeness (QED) is 0.919. The summed E-state index contributed by atoms with van der Waals surface area (Å²) in [5.41, 5.74) is 7.31. The first kappa shape index (κ1) is 16.4. The van der Waals surface area contributed by atoms with Crippen molar-refractivity contribution >= 4 is 12.4 Å². The van der Waals surface area contributed by atoms with Gasteiger partial charge in [-0.3, -0.25) is 4.90 Å². The van der Waals surface area contributed by atoms with E-state index in [2.05, 4.69) is 18.7 Å². The third-order valence-electron chi connectivity index (χ3n) is 4.16. The van der Waals surface area contributed by atoms with Crippen LogP contribution in [0.4, 0.5) is 4.39 Å². The van der Waals surface area contributed by atoms with Crippen molar-refractivity contribution in [2.75, 3.05) is 19.6 Å². The van der Waals surface area contributed by atoms with E-state index in [1.54, 1.807) is 12.1 Å². The molecule has 1 aromatic rings. The van der Waals surface area contributed by atoms with Crippen LogP contribution in [-0.2, 0) is 0 Å². The van der Waals surface area contributed by atoms with Crippen LogP contribution in [0.15, 0.2) is 24.3 Å². The van der Waals surface area contributed by atoms with Gasteiger partial charge in [0, 0.05) is 12.6 Å². The minimum absolute atomic E-state index is 0. The van der Waals surface area contributed by atoms with Crippen molar-refractivity contribution in [3.8, 4) is 0 Å². The molecule has 1 heterocycles. The van der Waals surface area contributed by atoms with Crippen LogP contribution in [0.2, 0.25) is 0 Å². The van der Waals surface area contributed by atoms with Crippen LogP contribution >= 0.6 is 12.4 Å². The van der Waals surface area contributed by atoms with E-state index in [1.165, 1.54) is 5.56 Å². The zero-order chi connectivity index (χ0) is 13.2. The lowest BCUT2D eigenvalue weighted by molar-refractivity contribution is 0.209. The van der Waals surface area contributed by atoms with E-state index in [1.807, 2.05) is 12.1 Å². The molecule has 19 heavy (non-hydrogen) atoms. The fourth-order valence-electron chi connectivity index (χ4n) is 2.88. The zero-order valence-corrected chi connectivity index (χ0v) is 12.5. The van der Waals surface area contributed by atoms with Gasteiger partial charge in [0.1, 0.15) is 5.82 Å². The molecular weight excluding hydrogens is 263 g/mol. The van der Waals surface area contributed by atoms with Crippen LogP contribution in [-0.4, -0.2) is 24.5 Å². The van der Waals surface area contributed by atoms with E-state index < -0.39 is 0 Å². The lowest BCUT2D eigenvalue weighted by Gasteiger charge is -2.29. The molecule has 1 aliphatic rings. The number of nitrogens with zero attached hydrogens (tertiary/aromatic N) is 1. The fourth-order valence-corrected chi connectivity index (χ4v) is 2.88. The summed E-state index contributed by atoms with van der Waals surface area (Å²) >= 11 is 0. The van der Waals surface area contributed by atoms with Crippen LogP contribution in [0.1, 0.15) is 38.3 Å². The molecule has 0 spiro atoms. The van der Waals surface area contributed by atoms with Crippen molar-refractivity contribution < 1.29 is 4.39 Å². The Labute approximate surface area is 121 Å². The number of nitrogens with two attached hydrogens (primary N) is 1. The monoisotopic (exact) mass is 286 g/mol. The first-order valence-corrected chi connectivity index (χ1v) is 6.77. The second-order valence-electron chi connectivity index (χ2n) is 5.71. The van der Waals surface area contributed by atoms with Gasteiger partial charge in [-0.05, 0) is 49.0 Å². The van der Waals surface area contributed by atoms with Gasteiger partial charge in [-0.25, -0.2) is 4.39 Å². The van der Waals surface area contributed by atoms with Crippen molar-refractivity contribution in [3.63, 3.8) is 0 Å². The van der Waals surface area contributed by atoms with Crippen LogP contribution in [0, 0.1) is 11.2 Å². The Morgan fingerprint density at radius 1 is 1.37 bits per heavy atom. The molecule has 2 unspecified atom stereocenters. The fraction of sp³-hybridized carbons (Fsp3) is 0.600. The third-order valence-corrected chi connectivity index (χ3v) is 4.16. The molecule has 2 nitrogen and oxygen atoms in total. The summed E-state index contributed by atoms with van der Waals surface area (Å²) in [6.45, 7) is 7.31. The molecule has 2 atom stereocenters. The van der Waals surface area contributed by atoms with Gasteiger partial charge in [0.05, 0.1) is 0 Å². The molecule has 1 aromatic carbocycles. The number of hydrogen-bond donors (Lipinski definition) is 1. The lowest BCUT2D eigenvalue weighted by atomic mass is 9.90. The summed E-state index contributed by atoms with van der Waals surface area (Å²) in [5.74, 6) is -0.165. The number of benzene rings is 1. The Morgan fingerprint density at radius 2 is 2.00 bits per heavy atom. The van der Waals surface area contributed by atoms with Crippen LogP contribution in [0.5, 0.6) is 0 Å². The van der Waals surface area contributed by atoms with E-state index in [-0.39, 0.29) is 23.6 Å². The zero-order valence-electron chi connectivity index (χ0n) is 11.7. The predicted octanol–water partition coefficient (Wildman–Crippen LogP) is 3.37. The van der Waals surface area contributed by atoms with Crippen molar-refractivity contribution in [1.82, 2.24) is 4.90 Å². The van der Waals surface area contributed by atoms with Gasteiger partial charge in [0.2, 0.25) is 0 Å². The first-order chi connectivity index (χ1) is 8.58. The number of halogens is 2. The van der Waals surface area contributed by atoms with Crippen molar-refractivity contribution in [2.24, 2.45) is 11.1 Å². The minimum atomic E-state index is -0.165. The van der Waals surface area contributed by atoms with Crippen molar-refractivity contribution in [2.45, 2.75) is 32.7 Å². The topological polar surface area (TPSA) is 29.3 Å². The maximum Gasteiger partial charge on any atom is 0.123 e. The van der Waals surface area contributed by atoms with E-state index >= 15 is 0 Å². The normalized spacial score (nSPS) is 25.1. The van der Waals surface area contributed by atoms with Crippen LogP contribution < -0.4 is 5.73 Å². The summed E-state index contributed by atoms with van der Waals surface area (Å²) < 4.78 is 13.0. The van der Waals surface area contributed by atoms with Gasteiger partial charge < -0.3 is 5.73 Å². The molecule has 1 aliphatic heterocycles. The molecule has 0 aliphatic carbocycles. The molecule has 4 heteroatoms. The summed E-state index contributed by atoms with van der Waals surface area (Å²) in [5, 5.41) is 0. The average molecular weight is 287 g/mol. The van der Waals surface area contributed by atoms with Crippen molar-refractivity contribution in [1.29, 1.82) is 0 Å². The molecular formula is C15H24ClFN2. The Bertz CT molecular complexity index is 396. The van der Waals surface area contributed by atoms with Crippen LogP contribution in [0.3, 0.4) is 0 Å². The van der Waals surface area contributed by atoms with Gasteiger partial charge in [-0.2, -0.15) is 0 Å². The molecule has 1 fully saturated rings. The first-order valence-electron chi connectivity index (χ1n) is 6.77. The highest BCUT2D eigenvalue weighted by molar-refractivity contribution is 5.85. The Kier molecular flexibility index (Phi) is 5.78. The van der Waals surface area contributed by atoms with Gasteiger partial charge >= 0.3 is 0 Å². The summed E-state index contributed by atoms with van der Waals surface area (Å²) in [6, 6.07) is 7.30. The third kappa shape index (κ3) is 3.68. The Hall–Kier alpha value is -0.640. The second kappa shape index (κ2) is 6.69. The lowest BCUT2D eigenvalue weighted by Crippen LogP contribution is -2.33. The highest BCUT2D eigenvalue weighted by Crippen LogP contribution is 2.35. The van der Waals surface area contributed by atoms with Gasteiger partial charge in [0.15, 0.2) is 0 Å². The summed E-state index contributed by atoms with van der Waals surface area (Å²) in [7, 11) is 0. The molecule has 0 bridgehead atoms. The molecule has 2 rings (SSSR count). The molecule has 0 amide bonds. The maximum atomic E-state index is 13.0. The Balaban J connectivity index is 0.00000180. The molecule has 1 saturated heterocycles.